The van der Waals surface area contributed by atoms with E-state index in [4.69, 9.17) is 9.72 Å². The van der Waals surface area contributed by atoms with Crippen LogP contribution >= 0.6 is 0 Å². The van der Waals surface area contributed by atoms with Crippen LogP contribution in [0, 0.1) is 16.0 Å². The maximum Gasteiger partial charge on any atom is 0.269 e. The number of hydrogen-bond acceptors (Lipinski definition) is 5. The van der Waals surface area contributed by atoms with Gasteiger partial charge in [0.25, 0.3) is 5.69 Å². The minimum atomic E-state index is -0.354. The van der Waals surface area contributed by atoms with Crippen molar-refractivity contribution in [1.29, 1.82) is 0 Å². The van der Waals surface area contributed by atoms with Crippen LogP contribution in [0.25, 0.3) is 21.7 Å². The predicted molar refractivity (Wildman–Crippen MR) is 130 cm³/mol. The van der Waals surface area contributed by atoms with E-state index in [-0.39, 0.29) is 16.7 Å². The lowest BCUT2D eigenvalue weighted by Crippen LogP contribution is -2.37. The van der Waals surface area contributed by atoms with Crippen molar-refractivity contribution in [2.75, 3.05) is 19.7 Å². The first kappa shape index (κ1) is 21.4. The molecule has 1 unspecified atom stereocenters. The van der Waals surface area contributed by atoms with Crippen molar-refractivity contribution in [2.45, 2.75) is 25.8 Å². The molecule has 170 valence electrons. The van der Waals surface area contributed by atoms with Crippen LogP contribution in [-0.2, 0) is 7.05 Å². The second-order valence-electron chi connectivity index (χ2n) is 9.00. The summed E-state index contributed by atoms with van der Waals surface area (Å²) in [6.45, 7) is 4.80. The van der Waals surface area contributed by atoms with Gasteiger partial charge in [0.15, 0.2) is 0 Å². The normalized spacial score (nSPS) is 16.3. The molecule has 0 amide bonds. The maximum atomic E-state index is 10.9. The number of nitro groups is 1. The van der Waals surface area contributed by atoms with E-state index in [1.54, 1.807) is 12.1 Å². The third kappa shape index (κ3) is 4.28. The molecule has 4 aromatic rings. The first-order valence-corrected chi connectivity index (χ1v) is 11.4. The zero-order valence-electron chi connectivity index (χ0n) is 19.0. The number of para-hydroxylation sites is 1. The van der Waals surface area contributed by atoms with Gasteiger partial charge in [-0.3, -0.25) is 15.0 Å². The van der Waals surface area contributed by atoms with E-state index in [0.29, 0.717) is 18.4 Å². The topological polar surface area (TPSA) is 73.4 Å². The number of rotatable bonds is 6. The van der Waals surface area contributed by atoms with E-state index in [1.165, 1.54) is 5.39 Å². The van der Waals surface area contributed by atoms with Crippen LogP contribution in [0.3, 0.4) is 0 Å². The Morgan fingerprint density at radius 3 is 2.48 bits per heavy atom. The molecule has 0 bridgehead atoms. The van der Waals surface area contributed by atoms with Gasteiger partial charge in [-0.2, -0.15) is 0 Å². The zero-order chi connectivity index (χ0) is 22.9. The Labute approximate surface area is 192 Å². The quantitative estimate of drug-likeness (QED) is 0.291. The van der Waals surface area contributed by atoms with Crippen molar-refractivity contribution < 1.29 is 9.66 Å². The Kier molecular flexibility index (Phi) is 5.72. The number of fused-ring (bicyclic) bond motifs is 3. The fourth-order valence-corrected chi connectivity index (χ4v) is 4.84. The Hall–Kier alpha value is -3.45. The van der Waals surface area contributed by atoms with E-state index in [0.717, 1.165) is 47.8 Å². The lowest BCUT2D eigenvalue weighted by molar-refractivity contribution is -0.384. The number of aromatic nitrogens is 2. The summed E-state index contributed by atoms with van der Waals surface area (Å²) in [6.07, 6.45) is 6.33. The highest BCUT2D eigenvalue weighted by Crippen LogP contribution is 2.33. The zero-order valence-corrected chi connectivity index (χ0v) is 19.0. The van der Waals surface area contributed by atoms with Gasteiger partial charge in [-0.05, 0) is 50.4 Å². The highest BCUT2D eigenvalue weighted by molar-refractivity contribution is 6.07. The molecule has 1 aliphatic rings. The second-order valence-corrected chi connectivity index (χ2v) is 9.00. The molecule has 0 spiro atoms. The summed E-state index contributed by atoms with van der Waals surface area (Å²) in [5.74, 6) is 1.20. The largest absolute Gasteiger partial charge is 0.477 e. The number of hydrogen-bond donors (Lipinski definition) is 0. The summed E-state index contributed by atoms with van der Waals surface area (Å²) in [6, 6.07) is 15.4. The number of non-ortho nitro benzene ring substituents is 1. The lowest BCUT2D eigenvalue weighted by Gasteiger charge is -2.36. The molecule has 2 aromatic heterocycles. The molecular formula is C26H28N4O3. The molecule has 0 saturated carbocycles. The molecular weight excluding hydrogens is 416 g/mol. The van der Waals surface area contributed by atoms with E-state index in [2.05, 4.69) is 34.9 Å². The summed E-state index contributed by atoms with van der Waals surface area (Å²) in [4.78, 5) is 17.8. The predicted octanol–water partition coefficient (Wildman–Crippen LogP) is 5.49. The summed E-state index contributed by atoms with van der Waals surface area (Å²) < 4.78 is 8.35. The van der Waals surface area contributed by atoms with Crippen LogP contribution in [0.2, 0.25) is 0 Å². The Bertz CT molecular complexity index is 1290. The van der Waals surface area contributed by atoms with Gasteiger partial charge in [0.1, 0.15) is 0 Å². The van der Waals surface area contributed by atoms with Crippen molar-refractivity contribution in [3.05, 3.63) is 76.6 Å². The third-order valence-electron chi connectivity index (χ3n) is 6.84. The van der Waals surface area contributed by atoms with Crippen LogP contribution in [0.4, 0.5) is 5.69 Å². The lowest BCUT2D eigenvalue weighted by atomic mass is 9.95. The standard InChI is InChI=1S/C26H28N4O3/c1-18(20-7-9-21(10-8-20)30(31)32)29-13-11-19(12-14-29)17-33-26-24-16-28(2)15-23(24)22-5-3-4-6-25(22)27-26/h3-10,15-16,18-19H,11-14,17H2,1-2H3. The number of benzene rings is 2. The molecule has 1 fully saturated rings. The summed E-state index contributed by atoms with van der Waals surface area (Å²) in [5.41, 5.74) is 2.21. The van der Waals surface area contributed by atoms with Crippen molar-refractivity contribution in [3.8, 4) is 5.88 Å². The number of nitro benzene ring substituents is 1. The minimum absolute atomic E-state index is 0.136. The van der Waals surface area contributed by atoms with Gasteiger partial charge in [-0.1, -0.05) is 30.3 Å². The maximum absolute atomic E-state index is 10.9. The van der Waals surface area contributed by atoms with Gasteiger partial charge in [-0.25, -0.2) is 4.98 Å². The summed E-state index contributed by atoms with van der Waals surface area (Å²) >= 11 is 0. The molecule has 7 nitrogen and oxygen atoms in total. The number of likely N-dealkylation sites (tertiary alicyclic amines) is 1. The highest BCUT2D eigenvalue weighted by Gasteiger charge is 2.25. The van der Waals surface area contributed by atoms with Crippen molar-refractivity contribution in [2.24, 2.45) is 13.0 Å². The molecule has 2 aromatic carbocycles. The van der Waals surface area contributed by atoms with E-state index >= 15 is 0 Å². The van der Waals surface area contributed by atoms with Crippen LogP contribution in [-0.4, -0.2) is 39.1 Å². The average molecular weight is 445 g/mol. The van der Waals surface area contributed by atoms with Crippen LogP contribution in [0.15, 0.2) is 60.9 Å². The van der Waals surface area contributed by atoms with E-state index < -0.39 is 0 Å². The van der Waals surface area contributed by atoms with Crippen molar-refractivity contribution in [1.82, 2.24) is 14.5 Å². The molecule has 5 rings (SSSR count). The molecule has 1 atom stereocenters. The second kappa shape index (κ2) is 8.83. The van der Waals surface area contributed by atoms with E-state index in [9.17, 15) is 10.1 Å². The molecule has 3 heterocycles. The van der Waals surface area contributed by atoms with Crippen LogP contribution < -0.4 is 4.74 Å². The fraction of sp³-hybridized carbons (Fsp3) is 0.346. The summed E-state index contributed by atoms with van der Waals surface area (Å²) in [5, 5.41) is 14.3. The van der Waals surface area contributed by atoms with Crippen molar-refractivity contribution in [3.63, 3.8) is 0 Å². The number of nitrogens with zero attached hydrogens (tertiary/aromatic N) is 4. The molecule has 0 aliphatic carbocycles. The average Bonchev–Trinajstić information content (AvgIpc) is 3.24. The summed E-state index contributed by atoms with van der Waals surface area (Å²) in [7, 11) is 2.03. The van der Waals surface area contributed by atoms with Gasteiger partial charge >= 0.3 is 0 Å². The van der Waals surface area contributed by atoms with Gasteiger partial charge in [0, 0.05) is 48.4 Å². The SMILES string of the molecule is CC(c1ccc([N+](=O)[O-])cc1)N1CCC(COc2nc3ccccc3c3cn(C)cc23)CC1. The Morgan fingerprint density at radius 2 is 1.76 bits per heavy atom. The number of aryl methyl sites for hydroxylation is 1. The smallest absolute Gasteiger partial charge is 0.269 e. The number of ether oxygens (including phenoxy) is 1. The molecule has 33 heavy (non-hydrogen) atoms. The Morgan fingerprint density at radius 1 is 1.06 bits per heavy atom. The van der Waals surface area contributed by atoms with E-state index in [1.807, 2.05) is 37.4 Å². The fourth-order valence-electron chi connectivity index (χ4n) is 4.84. The highest BCUT2D eigenvalue weighted by atomic mass is 16.6. The van der Waals surface area contributed by atoms with Gasteiger partial charge in [0.05, 0.1) is 22.4 Å². The molecule has 0 N–H and O–H groups in total. The van der Waals surface area contributed by atoms with Gasteiger partial charge in [0.2, 0.25) is 5.88 Å². The number of piperidine rings is 1. The Balaban J connectivity index is 1.23. The van der Waals surface area contributed by atoms with Crippen LogP contribution in [0.5, 0.6) is 5.88 Å². The first-order chi connectivity index (χ1) is 16.0. The van der Waals surface area contributed by atoms with Gasteiger partial charge in [-0.15, -0.1) is 0 Å². The monoisotopic (exact) mass is 444 g/mol. The minimum Gasteiger partial charge on any atom is -0.477 e. The number of pyridine rings is 1. The molecule has 1 saturated heterocycles. The van der Waals surface area contributed by atoms with Gasteiger partial charge < -0.3 is 9.30 Å². The molecule has 0 radical (unpaired) electrons. The van der Waals surface area contributed by atoms with Crippen molar-refractivity contribution >= 4 is 27.4 Å². The molecule has 7 heteroatoms. The third-order valence-corrected chi connectivity index (χ3v) is 6.84. The molecule has 1 aliphatic heterocycles. The first-order valence-electron chi connectivity index (χ1n) is 11.4. The van der Waals surface area contributed by atoms with Crippen LogP contribution in [0.1, 0.15) is 31.4 Å².